The average Bonchev–Trinajstić information content (AvgIpc) is 0.873. The summed E-state index contributed by atoms with van der Waals surface area (Å²) in [7, 11) is -5.46. The van der Waals surface area contributed by atoms with Gasteiger partial charge in [0.05, 0.1) is 31.8 Å². The largest absolute Gasteiger partial charge is 0.736 e. The third-order valence-corrected chi connectivity index (χ3v) is 16.7. The standard InChI is InChI=1S/C70H63O4P.C6H15N.2C2H3N/c1-49(2)59-45-61(65(51-29-13-5-14-30-51)52-31-15-6-16-32-52)69(62(46-59)66(53-33-17-7-18-34-53)54-35-19-8-20-36-54)73-75(71,72)74-70-63(67(55-37-21-9-22-38-55)56-39-23-10-24-40-56)47-60(50(3)4)48-64(70)68(57-41-25-11-26-42-57)58-43-27-12-28-44-58;1-4-7(5-2)6-3;2*1-2-3/h5-50,65-68H,1-4H3,(H,71,72);4-6H2,1-3H3;2*1H3. The van der Waals surface area contributed by atoms with Gasteiger partial charge in [-0.2, -0.15) is 10.5 Å². The molecule has 0 fully saturated rings. The fourth-order valence-electron chi connectivity index (χ4n) is 11.5. The zero-order valence-corrected chi connectivity index (χ0v) is 53.4. The Morgan fingerprint density at radius 3 is 0.636 bits per heavy atom. The highest BCUT2D eigenvalue weighted by atomic mass is 31.2. The van der Waals surface area contributed by atoms with Gasteiger partial charge in [0.15, 0.2) is 0 Å². The second kappa shape index (κ2) is 33.7. The first kappa shape index (κ1) is 66.5. The van der Waals surface area contributed by atoms with Gasteiger partial charge < -0.3 is 18.8 Å². The number of rotatable bonds is 21. The number of nitriles is 2. The molecule has 0 aliphatic rings. The summed E-state index contributed by atoms with van der Waals surface area (Å²) in [5.74, 6) is -1.07. The molecule has 0 saturated heterocycles. The maximum Gasteiger partial charge on any atom is 0.372 e. The minimum atomic E-state index is -5.46. The van der Waals surface area contributed by atoms with Gasteiger partial charge in [0, 0.05) is 59.8 Å². The van der Waals surface area contributed by atoms with Gasteiger partial charge in [-0.25, -0.2) is 4.57 Å². The molecule has 1 N–H and O–H groups in total. The first-order valence-electron chi connectivity index (χ1n) is 30.7. The SMILES string of the molecule is CC#N.CC#N.CC(C)c1cc(C(c2ccccc2)c2ccccc2)c(OP(=O)([O-])Oc2c(C(c3ccccc3)c3ccccc3)cc(C(C)C)cc2C(c2ccccc2)c2ccccc2)c(C(c2ccccc2)c2ccccc2)c1.CC[NH+](CC)CC. The predicted molar refractivity (Wildman–Crippen MR) is 360 cm³/mol. The Kier molecular flexibility index (Phi) is 25.5. The van der Waals surface area contributed by atoms with Crippen LogP contribution in [0.25, 0.3) is 0 Å². The molecule has 448 valence electrons. The zero-order chi connectivity index (χ0) is 62.8. The molecule has 10 rings (SSSR count). The Morgan fingerprint density at radius 1 is 0.352 bits per heavy atom. The highest BCUT2D eigenvalue weighted by Gasteiger charge is 2.35. The van der Waals surface area contributed by atoms with Crippen molar-refractivity contribution in [1.29, 1.82) is 10.5 Å². The molecular formula is C80H84N3O4P. The number of phosphoric ester groups is 1. The van der Waals surface area contributed by atoms with Crippen LogP contribution >= 0.6 is 7.82 Å². The summed E-state index contributed by atoms with van der Waals surface area (Å²) in [5.41, 5.74) is 12.9. The van der Waals surface area contributed by atoms with Gasteiger partial charge in [-0.15, -0.1) is 0 Å². The van der Waals surface area contributed by atoms with Crippen molar-refractivity contribution in [2.45, 2.75) is 97.8 Å². The van der Waals surface area contributed by atoms with Crippen LogP contribution in [0.5, 0.6) is 11.5 Å². The van der Waals surface area contributed by atoms with Gasteiger partial charge in [0.1, 0.15) is 11.5 Å². The fourth-order valence-corrected chi connectivity index (χ4v) is 12.4. The normalized spacial score (nSPS) is 11.0. The van der Waals surface area contributed by atoms with E-state index in [-0.39, 0.29) is 23.3 Å². The summed E-state index contributed by atoms with van der Waals surface area (Å²) in [4.78, 5) is 17.9. The monoisotopic (exact) mass is 1180 g/mol. The molecule has 0 spiro atoms. The Bertz CT molecular complexity index is 3180. The molecule has 88 heavy (non-hydrogen) atoms. The van der Waals surface area contributed by atoms with Crippen LogP contribution in [0.15, 0.2) is 267 Å². The lowest BCUT2D eigenvalue weighted by atomic mass is 9.78. The molecule has 0 aromatic heterocycles. The van der Waals surface area contributed by atoms with Crippen LogP contribution in [0.3, 0.4) is 0 Å². The summed E-state index contributed by atoms with van der Waals surface area (Å²) in [6.45, 7) is 22.1. The lowest BCUT2D eigenvalue weighted by Gasteiger charge is -2.35. The molecule has 0 amide bonds. The quantitative estimate of drug-likeness (QED) is 0.0567. The molecule has 0 saturated carbocycles. The smallest absolute Gasteiger partial charge is 0.372 e. The molecule has 0 atom stereocenters. The van der Waals surface area contributed by atoms with Crippen molar-refractivity contribution < 1.29 is 23.4 Å². The van der Waals surface area contributed by atoms with Crippen LogP contribution in [0.1, 0.15) is 176 Å². The summed E-state index contributed by atoms with van der Waals surface area (Å²) in [6.07, 6.45) is 0. The maximum atomic E-state index is 16.2. The van der Waals surface area contributed by atoms with Gasteiger partial charge in [-0.3, -0.25) is 0 Å². The van der Waals surface area contributed by atoms with Gasteiger partial charge in [-0.05, 0) is 88.2 Å². The number of hydrogen-bond donors (Lipinski definition) is 1. The van der Waals surface area contributed by atoms with E-state index in [1.807, 2.05) is 146 Å². The number of phosphoric acid groups is 1. The van der Waals surface area contributed by atoms with Crippen molar-refractivity contribution >= 4 is 7.82 Å². The van der Waals surface area contributed by atoms with Crippen molar-refractivity contribution in [1.82, 2.24) is 0 Å². The maximum absolute atomic E-state index is 16.2. The summed E-state index contributed by atoms with van der Waals surface area (Å²) < 4.78 is 30.2. The number of nitrogens with one attached hydrogen (secondary N) is 1. The van der Waals surface area contributed by atoms with E-state index in [0.29, 0.717) is 0 Å². The molecule has 0 heterocycles. The topological polar surface area (TPSA) is 111 Å². The van der Waals surface area contributed by atoms with Crippen molar-refractivity contribution in [3.05, 3.63) is 345 Å². The Labute approximate surface area is 524 Å². The van der Waals surface area contributed by atoms with E-state index >= 15 is 9.46 Å². The van der Waals surface area contributed by atoms with E-state index in [4.69, 9.17) is 19.6 Å². The van der Waals surface area contributed by atoms with Crippen molar-refractivity contribution in [2.75, 3.05) is 19.6 Å². The molecule has 0 unspecified atom stereocenters. The summed E-state index contributed by atoms with van der Waals surface area (Å²) >= 11 is 0. The number of nitrogens with zero attached hydrogens (tertiary/aromatic N) is 2. The van der Waals surface area contributed by atoms with Crippen LogP contribution < -0.4 is 18.8 Å². The lowest BCUT2D eigenvalue weighted by Crippen LogP contribution is -3.11. The second-order valence-corrected chi connectivity index (χ2v) is 23.5. The lowest BCUT2D eigenvalue weighted by molar-refractivity contribution is -0.894. The van der Waals surface area contributed by atoms with Crippen LogP contribution in [-0.2, 0) is 4.57 Å². The molecule has 0 aliphatic heterocycles. The number of quaternary nitrogens is 1. The number of benzene rings is 10. The molecule has 7 nitrogen and oxygen atoms in total. The van der Waals surface area contributed by atoms with Crippen LogP contribution in [-0.4, -0.2) is 19.6 Å². The zero-order valence-electron chi connectivity index (χ0n) is 52.5. The van der Waals surface area contributed by atoms with E-state index in [0.717, 1.165) is 77.9 Å². The molecule has 8 heteroatoms. The van der Waals surface area contributed by atoms with E-state index in [1.165, 1.54) is 33.5 Å². The number of hydrogen-bond acceptors (Lipinski definition) is 6. The van der Waals surface area contributed by atoms with Crippen molar-refractivity contribution in [3.8, 4) is 23.6 Å². The molecule has 0 bridgehead atoms. The van der Waals surface area contributed by atoms with Gasteiger partial charge in [0.2, 0.25) is 0 Å². The molecule has 0 aliphatic carbocycles. The Hall–Kier alpha value is -9.07. The third-order valence-electron chi connectivity index (χ3n) is 15.9. The van der Waals surface area contributed by atoms with Crippen molar-refractivity contribution in [3.63, 3.8) is 0 Å². The summed E-state index contributed by atoms with van der Waals surface area (Å²) in [5, 5.41) is 14.6. The molecule has 0 radical (unpaired) electrons. The van der Waals surface area contributed by atoms with E-state index < -0.39 is 31.5 Å². The fraction of sp³-hybridized carbons (Fsp3) is 0.225. The third kappa shape index (κ3) is 17.6. The minimum absolute atomic E-state index is 0.0802. The van der Waals surface area contributed by atoms with Crippen LogP contribution in [0.4, 0.5) is 0 Å². The predicted octanol–water partition coefficient (Wildman–Crippen LogP) is 18.6. The van der Waals surface area contributed by atoms with Crippen LogP contribution in [0, 0.1) is 22.7 Å². The van der Waals surface area contributed by atoms with Crippen molar-refractivity contribution in [2.24, 2.45) is 0 Å². The average molecular weight is 1180 g/mol. The first-order valence-corrected chi connectivity index (χ1v) is 32.2. The van der Waals surface area contributed by atoms with E-state index in [2.05, 4.69) is 170 Å². The highest BCUT2D eigenvalue weighted by Crippen LogP contribution is 2.55. The van der Waals surface area contributed by atoms with Gasteiger partial charge in [0.25, 0.3) is 0 Å². The van der Waals surface area contributed by atoms with Gasteiger partial charge >= 0.3 is 7.82 Å². The Morgan fingerprint density at radius 2 is 0.511 bits per heavy atom. The Balaban J connectivity index is 0.000000773. The van der Waals surface area contributed by atoms with Gasteiger partial charge in [-0.1, -0.05) is 295 Å². The first-order chi connectivity index (χ1) is 42.8. The van der Waals surface area contributed by atoms with Crippen LogP contribution in [0.2, 0.25) is 0 Å². The minimum Gasteiger partial charge on any atom is -0.736 e. The second-order valence-electron chi connectivity index (χ2n) is 22.3. The van der Waals surface area contributed by atoms with E-state index in [1.54, 1.807) is 17.0 Å². The summed E-state index contributed by atoms with van der Waals surface area (Å²) in [6, 6.07) is 94.5. The molecule has 10 aromatic carbocycles. The molecule has 10 aromatic rings. The highest BCUT2D eigenvalue weighted by molar-refractivity contribution is 7.46. The van der Waals surface area contributed by atoms with E-state index in [9.17, 15) is 0 Å². The molecular weight excluding hydrogens is 1100 g/mol.